The number of aliphatic hydroxyl groups excluding tert-OH is 1. The van der Waals surface area contributed by atoms with E-state index in [-0.39, 0.29) is 46.5 Å². The van der Waals surface area contributed by atoms with E-state index in [0.29, 0.717) is 5.75 Å². The molecule has 0 radical (unpaired) electrons. The third kappa shape index (κ3) is 6.54. The van der Waals surface area contributed by atoms with Gasteiger partial charge in [-0.15, -0.1) is 0 Å². The lowest BCUT2D eigenvalue weighted by atomic mass is 9.99. The van der Waals surface area contributed by atoms with Crippen molar-refractivity contribution in [3.8, 4) is 11.5 Å². The highest BCUT2D eigenvalue weighted by Crippen LogP contribution is 2.36. The highest BCUT2D eigenvalue weighted by molar-refractivity contribution is 7.92. The Balaban J connectivity index is 1.74. The molecule has 0 fully saturated rings. The molecule has 3 aromatic rings. The molecule has 0 saturated heterocycles. The molecular formula is C29H35N3O8S2. The molecule has 0 aliphatic carbocycles. The molecule has 42 heavy (non-hydrogen) atoms. The highest BCUT2D eigenvalue weighted by atomic mass is 32.2. The summed E-state index contributed by atoms with van der Waals surface area (Å²) in [4.78, 5) is 15.3. The Morgan fingerprint density at radius 2 is 1.69 bits per heavy atom. The standard InChI is InChI=1S/C29H35N3O8S2/c1-20-17-32(21(2)19-33)29(34)25-11-8-12-26(30-41(35,36)23-9-6-5-7-10-23)28(25)40-27(20)18-31(3)42(37,38)24-15-13-22(39-4)14-16-24/h5-16,20-21,27,30,33H,17-19H2,1-4H3/t20-,21-,27+/m0/s1. The van der Waals surface area contributed by atoms with E-state index in [1.807, 2.05) is 6.92 Å². The summed E-state index contributed by atoms with van der Waals surface area (Å²) in [5.41, 5.74) is 0.113. The normalized spacial score (nSPS) is 18.4. The number of carbonyl (C=O) groups excluding carboxylic acids is 1. The van der Waals surface area contributed by atoms with Crippen molar-refractivity contribution in [2.24, 2.45) is 5.92 Å². The monoisotopic (exact) mass is 617 g/mol. The van der Waals surface area contributed by atoms with E-state index < -0.39 is 44.0 Å². The lowest BCUT2D eigenvalue weighted by Crippen LogP contribution is -2.50. The molecule has 0 saturated carbocycles. The average Bonchev–Trinajstić information content (AvgIpc) is 2.99. The molecule has 1 aliphatic heterocycles. The van der Waals surface area contributed by atoms with Gasteiger partial charge in [0, 0.05) is 19.5 Å². The van der Waals surface area contributed by atoms with Crippen molar-refractivity contribution in [1.82, 2.24) is 9.21 Å². The minimum atomic E-state index is -4.05. The number of carbonyl (C=O) groups is 1. The van der Waals surface area contributed by atoms with E-state index in [2.05, 4.69) is 4.72 Å². The van der Waals surface area contributed by atoms with E-state index in [0.717, 1.165) is 4.31 Å². The fraction of sp³-hybridized carbons (Fsp3) is 0.345. The summed E-state index contributed by atoms with van der Waals surface area (Å²) in [7, 11) is -5.07. The van der Waals surface area contributed by atoms with E-state index in [1.54, 1.807) is 37.3 Å². The number of ether oxygens (including phenoxy) is 2. The van der Waals surface area contributed by atoms with Crippen molar-refractivity contribution >= 4 is 31.6 Å². The quantitative estimate of drug-likeness (QED) is 0.354. The van der Waals surface area contributed by atoms with Gasteiger partial charge >= 0.3 is 0 Å². The Labute approximate surface area is 246 Å². The molecule has 1 aliphatic rings. The van der Waals surface area contributed by atoms with Crippen molar-refractivity contribution in [1.29, 1.82) is 0 Å². The predicted molar refractivity (Wildman–Crippen MR) is 158 cm³/mol. The number of fused-ring (bicyclic) bond motifs is 1. The van der Waals surface area contributed by atoms with Crippen molar-refractivity contribution in [2.45, 2.75) is 35.8 Å². The number of rotatable bonds is 10. The summed E-state index contributed by atoms with van der Waals surface area (Å²) in [6.45, 7) is 3.27. The molecule has 226 valence electrons. The largest absolute Gasteiger partial charge is 0.497 e. The van der Waals surface area contributed by atoms with Crippen molar-refractivity contribution in [3.63, 3.8) is 0 Å². The van der Waals surface area contributed by atoms with E-state index in [9.17, 15) is 26.7 Å². The fourth-order valence-electron chi connectivity index (χ4n) is 4.62. The van der Waals surface area contributed by atoms with Crippen molar-refractivity contribution in [2.75, 3.05) is 38.6 Å². The minimum absolute atomic E-state index is 0.0190. The number of nitrogens with one attached hydrogen (secondary N) is 1. The van der Waals surface area contributed by atoms with Gasteiger partial charge in [0.1, 0.15) is 11.9 Å². The first kappa shape index (κ1) is 31.3. The first-order valence-electron chi connectivity index (χ1n) is 13.3. The van der Waals surface area contributed by atoms with Crippen LogP contribution in [0.25, 0.3) is 0 Å². The predicted octanol–water partition coefficient (Wildman–Crippen LogP) is 3.04. The van der Waals surface area contributed by atoms with Gasteiger partial charge < -0.3 is 19.5 Å². The number of amides is 1. The Morgan fingerprint density at radius 1 is 1.02 bits per heavy atom. The second kappa shape index (κ2) is 12.7. The summed E-state index contributed by atoms with van der Waals surface area (Å²) in [6, 6.07) is 17.7. The summed E-state index contributed by atoms with van der Waals surface area (Å²) in [5.74, 6) is -0.373. The second-order valence-corrected chi connectivity index (χ2v) is 13.9. The number of benzene rings is 3. The molecule has 0 bridgehead atoms. The molecule has 4 rings (SSSR count). The molecule has 2 N–H and O–H groups in total. The van der Waals surface area contributed by atoms with Crippen LogP contribution in [0.3, 0.4) is 0 Å². The van der Waals surface area contributed by atoms with Gasteiger partial charge in [0.15, 0.2) is 5.75 Å². The van der Waals surface area contributed by atoms with Gasteiger partial charge in [-0.1, -0.05) is 31.2 Å². The minimum Gasteiger partial charge on any atom is -0.497 e. The number of methoxy groups -OCH3 is 1. The summed E-state index contributed by atoms with van der Waals surface area (Å²) in [6.07, 6.45) is -0.800. The first-order chi connectivity index (χ1) is 19.9. The maximum absolute atomic E-state index is 13.7. The summed E-state index contributed by atoms with van der Waals surface area (Å²) < 4.78 is 68.5. The number of likely N-dealkylation sites (N-methyl/N-ethyl adjacent to an activating group) is 1. The Morgan fingerprint density at radius 3 is 2.31 bits per heavy atom. The summed E-state index contributed by atoms with van der Waals surface area (Å²) in [5, 5.41) is 9.90. The highest BCUT2D eigenvalue weighted by Gasteiger charge is 2.36. The number of hydrogen-bond acceptors (Lipinski definition) is 8. The van der Waals surface area contributed by atoms with Gasteiger partial charge in [-0.05, 0) is 55.5 Å². The van der Waals surface area contributed by atoms with Crippen LogP contribution in [0.1, 0.15) is 24.2 Å². The van der Waals surface area contributed by atoms with Crippen LogP contribution in [0.15, 0.2) is 82.6 Å². The van der Waals surface area contributed by atoms with Crippen LogP contribution >= 0.6 is 0 Å². The molecule has 0 unspecified atom stereocenters. The van der Waals surface area contributed by atoms with Crippen LogP contribution < -0.4 is 14.2 Å². The zero-order valence-corrected chi connectivity index (χ0v) is 25.4. The van der Waals surface area contributed by atoms with Crippen LogP contribution in [-0.2, 0) is 20.0 Å². The SMILES string of the molecule is COc1ccc(S(=O)(=O)N(C)C[C@H]2Oc3c(NS(=O)(=O)c4ccccc4)cccc3C(=O)N([C@@H](C)CO)C[C@@H]2C)cc1. The second-order valence-electron chi connectivity index (χ2n) is 10.2. The fourth-order valence-corrected chi connectivity index (χ4v) is 6.89. The molecule has 13 heteroatoms. The number of nitrogens with zero attached hydrogens (tertiary/aromatic N) is 2. The van der Waals surface area contributed by atoms with Crippen LogP contribution in [-0.4, -0.2) is 83.1 Å². The molecule has 11 nitrogen and oxygen atoms in total. The average molecular weight is 618 g/mol. The molecular weight excluding hydrogens is 582 g/mol. The molecule has 1 heterocycles. The van der Waals surface area contributed by atoms with E-state index in [4.69, 9.17) is 9.47 Å². The van der Waals surface area contributed by atoms with Gasteiger partial charge in [-0.3, -0.25) is 9.52 Å². The number of aliphatic hydroxyl groups is 1. The number of para-hydroxylation sites is 1. The van der Waals surface area contributed by atoms with E-state index in [1.165, 1.54) is 61.5 Å². The van der Waals surface area contributed by atoms with Crippen LogP contribution in [0.2, 0.25) is 0 Å². The lowest BCUT2D eigenvalue weighted by molar-refractivity contribution is 0.0389. The third-order valence-electron chi connectivity index (χ3n) is 7.19. The molecule has 1 amide bonds. The zero-order chi connectivity index (χ0) is 30.7. The van der Waals surface area contributed by atoms with Crippen LogP contribution in [0, 0.1) is 5.92 Å². The maximum atomic E-state index is 13.7. The maximum Gasteiger partial charge on any atom is 0.262 e. The van der Waals surface area contributed by atoms with Gasteiger partial charge in [0.05, 0.1) is 47.3 Å². The number of hydrogen-bond donors (Lipinski definition) is 2. The van der Waals surface area contributed by atoms with Gasteiger partial charge in [0.2, 0.25) is 10.0 Å². The Hall–Kier alpha value is -3.65. The van der Waals surface area contributed by atoms with Crippen molar-refractivity contribution in [3.05, 3.63) is 78.4 Å². The molecule has 3 atom stereocenters. The molecule has 0 aromatic heterocycles. The third-order valence-corrected chi connectivity index (χ3v) is 10.4. The van der Waals surface area contributed by atoms with Crippen LogP contribution in [0.5, 0.6) is 11.5 Å². The topological polar surface area (TPSA) is 143 Å². The Bertz CT molecular complexity index is 1610. The van der Waals surface area contributed by atoms with Gasteiger partial charge in [-0.2, -0.15) is 4.31 Å². The lowest BCUT2D eigenvalue weighted by Gasteiger charge is -2.38. The Kier molecular flexibility index (Phi) is 9.46. The smallest absolute Gasteiger partial charge is 0.262 e. The zero-order valence-electron chi connectivity index (χ0n) is 23.8. The molecule has 3 aromatic carbocycles. The first-order valence-corrected chi connectivity index (χ1v) is 16.2. The van der Waals surface area contributed by atoms with Crippen molar-refractivity contribution < 1.29 is 36.2 Å². The van der Waals surface area contributed by atoms with Gasteiger partial charge in [-0.25, -0.2) is 16.8 Å². The number of anilines is 1. The van der Waals surface area contributed by atoms with Gasteiger partial charge in [0.25, 0.3) is 15.9 Å². The summed E-state index contributed by atoms with van der Waals surface area (Å²) >= 11 is 0. The van der Waals surface area contributed by atoms with Crippen LogP contribution in [0.4, 0.5) is 5.69 Å². The molecule has 0 spiro atoms. The number of sulfonamides is 2. The van der Waals surface area contributed by atoms with E-state index >= 15 is 0 Å².